The minimum atomic E-state index is -0.467. The van der Waals surface area contributed by atoms with Crippen LogP contribution in [0.5, 0.6) is 0 Å². The van der Waals surface area contributed by atoms with E-state index in [1.54, 1.807) is 24.3 Å². The van der Waals surface area contributed by atoms with Crippen LogP contribution in [0.15, 0.2) is 66.7 Å². The number of amides is 2. The van der Waals surface area contributed by atoms with Crippen LogP contribution in [0, 0.1) is 0 Å². The van der Waals surface area contributed by atoms with Gasteiger partial charge >= 0.3 is 0 Å². The van der Waals surface area contributed by atoms with Gasteiger partial charge in [0.05, 0.1) is 0 Å². The summed E-state index contributed by atoms with van der Waals surface area (Å²) in [7, 11) is 0. The largest absolute Gasteiger partial charge is 0.366 e. The maximum atomic E-state index is 11.7. The molecule has 3 aromatic rings. The lowest BCUT2D eigenvalue weighted by atomic mass is 9.82. The second kappa shape index (κ2) is 7.31. The van der Waals surface area contributed by atoms with Gasteiger partial charge in [0.15, 0.2) is 0 Å². The van der Waals surface area contributed by atoms with E-state index >= 15 is 0 Å². The number of carbonyl (C=O) groups is 2. The predicted octanol–water partition coefficient (Wildman–Crippen LogP) is 4.52. The molecule has 0 fully saturated rings. The van der Waals surface area contributed by atoms with Crippen LogP contribution in [0.25, 0.3) is 22.3 Å². The smallest absolute Gasteiger partial charge is 0.248 e. The number of benzene rings is 3. The van der Waals surface area contributed by atoms with E-state index in [0.29, 0.717) is 11.1 Å². The Morgan fingerprint density at radius 2 is 1.18 bits per heavy atom. The average Bonchev–Trinajstić information content (AvgIpc) is 2.67. The number of hydrogen-bond acceptors (Lipinski definition) is 2. The summed E-state index contributed by atoms with van der Waals surface area (Å²) in [5, 5.41) is 0. The normalized spacial score (nSPS) is 11.2. The Bertz CT molecular complexity index is 1060. The summed E-state index contributed by atoms with van der Waals surface area (Å²) in [5.74, 6) is -0.934. The van der Waals surface area contributed by atoms with Gasteiger partial charge in [-0.1, -0.05) is 63.2 Å². The maximum Gasteiger partial charge on any atom is 0.248 e. The van der Waals surface area contributed by atoms with E-state index in [9.17, 15) is 9.59 Å². The molecule has 4 nitrogen and oxygen atoms in total. The van der Waals surface area contributed by atoms with Crippen molar-refractivity contribution in [2.24, 2.45) is 11.5 Å². The van der Waals surface area contributed by atoms with E-state index in [-0.39, 0.29) is 5.41 Å². The predicted molar refractivity (Wildman–Crippen MR) is 113 cm³/mol. The van der Waals surface area contributed by atoms with Crippen LogP contribution in [-0.4, -0.2) is 11.8 Å². The molecule has 0 bridgehead atoms. The van der Waals surface area contributed by atoms with Gasteiger partial charge in [0.1, 0.15) is 0 Å². The molecule has 0 atom stereocenters. The Kier molecular flexibility index (Phi) is 5.06. The van der Waals surface area contributed by atoms with Crippen molar-refractivity contribution in [3.05, 3.63) is 83.4 Å². The van der Waals surface area contributed by atoms with E-state index in [1.807, 2.05) is 30.3 Å². The highest BCUT2D eigenvalue weighted by atomic mass is 16.1. The van der Waals surface area contributed by atoms with Crippen molar-refractivity contribution in [3.8, 4) is 22.3 Å². The van der Waals surface area contributed by atoms with Crippen LogP contribution in [0.4, 0.5) is 0 Å². The third-order valence-corrected chi connectivity index (χ3v) is 4.80. The number of carbonyl (C=O) groups excluding carboxylic acids is 2. The molecule has 28 heavy (non-hydrogen) atoms. The van der Waals surface area contributed by atoms with Crippen LogP contribution >= 0.6 is 0 Å². The Labute approximate surface area is 165 Å². The van der Waals surface area contributed by atoms with Crippen molar-refractivity contribution in [2.45, 2.75) is 26.2 Å². The molecule has 3 aromatic carbocycles. The molecule has 0 aliphatic heterocycles. The monoisotopic (exact) mass is 372 g/mol. The molecule has 4 N–H and O–H groups in total. The van der Waals surface area contributed by atoms with Crippen molar-refractivity contribution in [1.29, 1.82) is 0 Å². The summed E-state index contributed by atoms with van der Waals surface area (Å²) in [6.45, 7) is 6.46. The Morgan fingerprint density at radius 1 is 0.679 bits per heavy atom. The fourth-order valence-corrected chi connectivity index (χ4v) is 3.18. The van der Waals surface area contributed by atoms with Gasteiger partial charge in [0.2, 0.25) is 11.8 Å². The van der Waals surface area contributed by atoms with E-state index in [0.717, 1.165) is 22.3 Å². The van der Waals surface area contributed by atoms with Crippen LogP contribution in [-0.2, 0) is 5.41 Å². The molecule has 0 aromatic heterocycles. The molecule has 0 unspecified atom stereocenters. The lowest BCUT2D eigenvalue weighted by Gasteiger charge is -2.22. The molecular weight excluding hydrogens is 348 g/mol. The lowest BCUT2D eigenvalue weighted by Crippen LogP contribution is -2.12. The highest BCUT2D eigenvalue weighted by Crippen LogP contribution is 2.36. The first kappa shape index (κ1) is 19.4. The summed E-state index contributed by atoms with van der Waals surface area (Å²) < 4.78 is 0. The van der Waals surface area contributed by atoms with Gasteiger partial charge in [0, 0.05) is 11.1 Å². The van der Waals surface area contributed by atoms with Crippen LogP contribution in [0.2, 0.25) is 0 Å². The highest BCUT2D eigenvalue weighted by molar-refractivity contribution is 5.97. The molecule has 0 saturated carbocycles. The first-order valence-corrected chi connectivity index (χ1v) is 9.12. The molecule has 4 heteroatoms. The fourth-order valence-electron chi connectivity index (χ4n) is 3.18. The zero-order chi connectivity index (χ0) is 20.5. The van der Waals surface area contributed by atoms with Gasteiger partial charge in [-0.25, -0.2) is 0 Å². The van der Waals surface area contributed by atoms with Crippen LogP contribution in [0.3, 0.4) is 0 Å². The fraction of sp³-hybridized carbons (Fsp3) is 0.167. The Balaban J connectivity index is 2.26. The zero-order valence-electron chi connectivity index (χ0n) is 16.3. The van der Waals surface area contributed by atoms with Crippen LogP contribution in [0.1, 0.15) is 47.1 Å². The van der Waals surface area contributed by atoms with Gasteiger partial charge in [-0.3, -0.25) is 9.59 Å². The van der Waals surface area contributed by atoms with Gasteiger partial charge in [-0.15, -0.1) is 0 Å². The molecule has 0 radical (unpaired) electrons. The van der Waals surface area contributed by atoms with E-state index in [4.69, 9.17) is 11.5 Å². The number of hydrogen-bond donors (Lipinski definition) is 2. The maximum absolute atomic E-state index is 11.7. The summed E-state index contributed by atoms with van der Waals surface area (Å²) in [4.78, 5) is 23.3. The summed E-state index contributed by atoms with van der Waals surface area (Å²) >= 11 is 0. The minimum absolute atomic E-state index is 0.0380. The molecule has 0 aliphatic rings. The number of rotatable bonds is 4. The molecular formula is C24H24N2O2. The Morgan fingerprint density at radius 3 is 1.64 bits per heavy atom. The molecule has 3 rings (SSSR count). The molecule has 0 heterocycles. The number of nitrogens with two attached hydrogens (primary N) is 2. The first-order valence-electron chi connectivity index (χ1n) is 9.12. The Hall–Kier alpha value is -3.40. The van der Waals surface area contributed by atoms with Crippen molar-refractivity contribution < 1.29 is 9.59 Å². The second-order valence-electron chi connectivity index (χ2n) is 7.90. The minimum Gasteiger partial charge on any atom is -0.366 e. The van der Waals surface area contributed by atoms with Gasteiger partial charge < -0.3 is 11.5 Å². The SMILES string of the molecule is CC(C)(C)c1ccc(-c2cccc(C(N)=O)c2)c(-c2cccc(C(N)=O)c2)c1. The molecule has 2 amide bonds. The molecule has 0 spiro atoms. The van der Waals surface area contributed by atoms with Crippen molar-refractivity contribution in [1.82, 2.24) is 0 Å². The van der Waals surface area contributed by atoms with E-state index in [1.165, 1.54) is 5.56 Å². The van der Waals surface area contributed by atoms with Gasteiger partial charge in [-0.2, -0.15) is 0 Å². The van der Waals surface area contributed by atoms with E-state index in [2.05, 4.69) is 32.9 Å². The summed E-state index contributed by atoms with van der Waals surface area (Å²) in [5.41, 5.74) is 16.7. The molecule has 0 aliphatic carbocycles. The lowest BCUT2D eigenvalue weighted by molar-refractivity contribution is 0.0992. The summed E-state index contributed by atoms with van der Waals surface area (Å²) in [6, 6.07) is 20.8. The third kappa shape index (κ3) is 3.96. The topological polar surface area (TPSA) is 86.2 Å². The van der Waals surface area contributed by atoms with Gasteiger partial charge in [-0.05, 0) is 57.5 Å². The quantitative estimate of drug-likeness (QED) is 0.705. The zero-order valence-corrected chi connectivity index (χ0v) is 16.3. The molecule has 0 saturated heterocycles. The molecule has 142 valence electrons. The highest BCUT2D eigenvalue weighted by Gasteiger charge is 2.18. The first-order chi connectivity index (χ1) is 13.2. The standard InChI is InChI=1S/C24H24N2O2/c1-24(2,3)19-10-11-20(15-6-4-8-17(12-15)22(25)27)21(14-19)16-7-5-9-18(13-16)23(26)28/h4-14H,1-3H3,(H2,25,27)(H2,26,28). The van der Waals surface area contributed by atoms with Crippen molar-refractivity contribution in [2.75, 3.05) is 0 Å². The van der Waals surface area contributed by atoms with Gasteiger partial charge in [0.25, 0.3) is 0 Å². The third-order valence-electron chi connectivity index (χ3n) is 4.80. The van der Waals surface area contributed by atoms with E-state index < -0.39 is 11.8 Å². The van der Waals surface area contributed by atoms with Crippen molar-refractivity contribution in [3.63, 3.8) is 0 Å². The van der Waals surface area contributed by atoms with Crippen LogP contribution < -0.4 is 11.5 Å². The summed E-state index contributed by atoms with van der Waals surface area (Å²) in [6.07, 6.45) is 0. The second-order valence-corrected chi connectivity index (χ2v) is 7.90. The van der Waals surface area contributed by atoms with Crippen molar-refractivity contribution >= 4 is 11.8 Å². The number of primary amides is 2. The average molecular weight is 372 g/mol.